The van der Waals surface area contributed by atoms with Crippen molar-refractivity contribution in [3.63, 3.8) is 0 Å². The van der Waals surface area contributed by atoms with Crippen molar-refractivity contribution < 1.29 is 62.0 Å². The van der Waals surface area contributed by atoms with Crippen molar-refractivity contribution in [2.45, 2.75) is 129 Å². The lowest BCUT2D eigenvalue weighted by Gasteiger charge is -2.37. The van der Waals surface area contributed by atoms with Gasteiger partial charge in [0.1, 0.15) is 36.3 Å². The third-order valence-electron chi connectivity index (χ3n) is 14.3. The minimum atomic E-state index is -1.12. The van der Waals surface area contributed by atoms with Gasteiger partial charge in [0.2, 0.25) is 17.7 Å². The zero-order valence-corrected chi connectivity index (χ0v) is 43.8. The number of hydrogen-bond acceptors (Lipinski definition) is 13. The van der Waals surface area contributed by atoms with E-state index in [-0.39, 0.29) is 54.4 Å². The van der Waals surface area contributed by atoms with Gasteiger partial charge in [-0.15, -0.1) is 0 Å². The Bertz CT molecular complexity index is 2790. The topological polar surface area (TPSA) is 213 Å². The number of piperidine rings is 2. The molecule has 0 saturated carbocycles. The molecule has 2 saturated heterocycles. The number of benzene rings is 4. The highest BCUT2D eigenvalue weighted by Gasteiger charge is 2.46. The first-order valence-corrected chi connectivity index (χ1v) is 25.9. The summed E-state index contributed by atoms with van der Waals surface area (Å²) >= 11 is 0. The summed E-state index contributed by atoms with van der Waals surface area (Å²) in [6.45, 7) is 8.24. The second-order valence-electron chi connectivity index (χ2n) is 19.4. The van der Waals surface area contributed by atoms with Gasteiger partial charge in [-0.05, 0) is 142 Å². The summed E-state index contributed by atoms with van der Waals surface area (Å²) < 4.78 is 29.1. The Balaban J connectivity index is 0.880. The molecule has 0 bridgehead atoms. The van der Waals surface area contributed by atoms with Crippen LogP contribution in [0.3, 0.4) is 0 Å². The number of imide groups is 2. The van der Waals surface area contributed by atoms with Crippen LogP contribution in [0.5, 0.6) is 23.0 Å². The van der Waals surface area contributed by atoms with E-state index < -0.39 is 66.2 Å². The predicted molar refractivity (Wildman–Crippen MR) is 277 cm³/mol. The number of amides is 6. The van der Waals surface area contributed by atoms with Crippen molar-refractivity contribution in [3.05, 3.63) is 117 Å². The number of carbonyl (C=O) groups excluding carboxylic acids is 8. The molecular weight excluding hydrogens is 961 g/mol. The number of ketones is 1. The van der Waals surface area contributed by atoms with E-state index in [9.17, 15) is 38.4 Å². The highest BCUT2D eigenvalue weighted by Crippen LogP contribution is 2.38. The minimum Gasteiger partial charge on any atom is -0.493 e. The first-order valence-electron chi connectivity index (χ1n) is 25.9. The van der Waals surface area contributed by atoms with Gasteiger partial charge in [0.05, 0.1) is 31.3 Å². The number of unbranched alkanes of at least 4 members (excludes halogenated alkanes) is 2. The second kappa shape index (κ2) is 25.6. The molecule has 17 heteroatoms. The quantitative estimate of drug-likeness (QED) is 0.0395. The van der Waals surface area contributed by atoms with Crippen molar-refractivity contribution in [1.29, 1.82) is 0 Å². The maximum absolute atomic E-state index is 14.4. The molecule has 0 spiro atoms. The largest absolute Gasteiger partial charge is 0.493 e. The molecule has 7 rings (SSSR count). The minimum absolute atomic E-state index is 0.00668. The standard InChI is InChI=1S/C58H68N4O13/c1-7-43(40-31-37(4)53(72-6)49(32-40)71-5)55(67)61-29-12-10-16-46(61)58(70)75-47(26-20-38-19-18-35(2)36(3)30-38)39-21-23-42(24-22-39)73-33-41(63)14-9-8-11-28-59-51(65)34-74-48-17-13-15-44-52(48)57(69)62(56(44)68)45-25-27-50(64)60-54(45)66/h13,15,17-19,21-24,30-32,43,45-47H,7-12,14,16,20,25-29,33-34H2,1-6H3,(H,59,65)(H,60,64,66)/t43-,45?,46-,47+/m0/s1. The van der Waals surface area contributed by atoms with Crippen LogP contribution >= 0.6 is 0 Å². The maximum Gasteiger partial charge on any atom is 0.329 e. The molecular formula is C58H68N4O13. The average molecular weight is 1030 g/mol. The molecule has 4 aromatic rings. The van der Waals surface area contributed by atoms with Crippen LogP contribution in [-0.4, -0.2) is 110 Å². The molecule has 3 heterocycles. The molecule has 17 nitrogen and oxygen atoms in total. The number of carbonyl (C=O) groups is 8. The first-order chi connectivity index (χ1) is 36.1. The van der Waals surface area contributed by atoms with Gasteiger partial charge < -0.3 is 33.9 Å². The molecule has 0 aliphatic carbocycles. The molecule has 0 radical (unpaired) electrons. The van der Waals surface area contributed by atoms with E-state index in [4.69, 9.17) is 23.7 Å². The lowest BCUT2D eigenvalue weighted by Crippen LogP contribution is -2.54. The van der Waals surface area contributed by atoms with Gasteiger partial charge in [0.15, 0.2) is 23.9 Å². The average Bonchev–Trinajstić information content (AvgIpc) is 3.67. The summed E-state index contributed by atoms with van der Waals surface area (Å²) in [5.41, 5.74) is 5.90. The fraction of sp³-hybridized carbons (Fsp3) is 0.448. The molecule has 0 aromatic heterocycles. The van der Waals surface area contributed by atoms with E-state index >= 15 is 0 Å². The summed E-state index contributed by atoms with van der Waals surface area (Å²) in [6, 6.07) is 19.9. The van der Waals surface area contributed by atoms with Gasteiger partial charge in [-0.25, -0.2) is 4.79 Å². The Hall–Kier alpha value is -7.56. The fourth-order valence-corrected chi connectivity index (χ4v) is 10.0. The fourth-order valence-electron chi connectivity index (χ4n) is 10.0. The van der Waals surface area contributed by atoms with Gasteiger partial charge in [0.25, 0.3) is 17.7 Å². The maximum atomic E-state index is 14.4. The number of nitrogens with one attached hydrogen (secondary N) is 2. The lowest BCUT2D eigenvalue weighted by molar-refractivity contribution is -0.162. The Morgan fingerprint density at radius 3 is 2.28 bits per heavy atom. The zero-order chi connectivity index (χ0) is 53.8. The van der Waals surface area contributed by atoms with Crippen LogP contribution in [0.2, 0.25) is 0 Å². The molecule has 398 valence electrons. The van der Waals surface area contributed by atoms with E-state index in [2.05, 4.69) is 42.7 Å². The number of likely N-dealkylation sites (tertiary alicyclic amines) is 1. The van der Waals surface area contributed by atoms with Gasteiger partial charge in [-0.1, -0.05) is 55.8 Å². The third-order valence-corrected chi connectivity index (χ3v) is 14.3. The monoisotopic (exact) mass is 1030 g/mol. The summed E-state index contributed by atoms with van der Waals surface area (Å²) in [5, 5.41) is 4.92. The molecule has 3 aliphatic rings. The molecule has 6 amide bonds. The molecule has 3 aliphatic heterocycles. The summed E-state index contributed by atoms with van der Waals surface area (Å²) in [5.74, 6) is -2.53. The Labute approximate surface area is 437 Å². The second-order valence-corrected chi connectivity index (χ2v) is 19.4. The number of fused-ring (bicyclic) bond motifs is 1. The van der Waals surface area contributed by atoms with Crippen LogP contribution in [0.4, 0.5) is 0 Å². The van der Waals surface area contributed by atoms with Crippen LogP contribution in [0, 0.1) is 20.8 Å². The summed E-state index contributed by atoms with van der Waals surface area (Å²) in [6.07, 6.45) is 5.24. The highest BCUT2D eigenvalue weighted by molar-refractivity contribution is 6.24. The van der Waals surface area contributed by atoms with Crippen LogP contribution < -0.4 is 29.6 Å². The van der Waals surface area contributed by atoms with E-state index in [1.54, 1.807) is 31.3 Å². The SMILES string of the molecule is CC[C@H](C(=O)N1CCCC[C@H]1C(=O)O[C@H](CCc1ccc(C)c(C)c1)c1ccc(OCC(=O)CCCCCNC(=O)COc2cccc3c2C(=O)N(C2CCC(=O)NC2=O)C3=O)cc1)c1cc(C)c(OC)c(OC)c1. The van der Waals surface area contributed by atoms with Gasteiger partial charge in [-0.2, -0.15) is 0 Å². The Morgan fingerprint density at radius 2 is 1.56 bits per heavy atom. The Kier molecular flexibility index (Phi) is 18.8. The van der Waals surface area contributed by atoms with E-state index in [1.165, 1.54) is 29.3 Å². The van der Waals surface area contributed by atoms with Crippen molar-refractivity contribution in [1.82, 2.24) is 20.4 Å². The number of methoxy groups -OCH3 is 2. The summed E-state index contributed by atoms with van der Waals surface area (Å²) in [4.78, 5) is 107. The number of hydrogen-bond donors (Lipinski definition) is 2. The number of nitrogens with zero attached hydrogens (tertiary/aromatic N) is 2. The smallest absolute Gasteiger partial charge is 0.329 e. The molecule has 1 unspecified atom stereocenters. The predicted octanol–water partition coefficient (Wildman–Crippen LogP) is 7.53. The van der Waals surface area contributed by atoms with Crippen LogP contribution in [0.25, 0.3) is 0 Å². The van der Waals surface area contributed by atoms with E-state index in [0.29, 0.717) is 75.3 Å². The van der Waals surface area contributed by atoms with E-state index in [0.717, 1.165) is 40.0 Å². The van der Waals surface area contributed by atoms with Crippen molar-refractivity contribution >= 4 is 47.2 Å². The molecule has 4 atom stereocenters. The number of ether oxygens (including phenoxy) is 5. The molecule has 75 heavy (non-hydrogen) atoms. The van der Waals surface area contributed by atoms with Gasteiger partial charge >= 0.3 is 5.97 Å². The molecule has 4 aromatic carbocycles. The summed E-state index contributed by atoms with van der Waals surface area (Å²) in [7, 11) is 3.15. The Morgan fingerprint density at radius 1 is 0.773 bits per heavy atom. The highest BCUT2D eigenvalue weighted by atomic mass is 16.5. The van der Waals surface area contributed by atoms with E-state index in [1.807, 2.05) is 38.1 Å². The lowest BCUT2D eigenvalue weighted by atomic mass is 9.91. The first kappa shape index (κ1) is 55.2. The van der Waals surface area contributed by atoms with Crippen molar-refractivity contribution in [2.24, 2.45) is 0 Å². The molecule has 2 fully saturated rings. The van der Waals surface area contributed by atoms with Crippen molar-refractivity contribution in [2.75, 3.05) is 40.5 Å². The van der Waals surface area contributed by atoms with Crippen LogP contribution in [0.1, 0.15) is 144 Å². The zero-order valence-electron chi connectivity index (χ0n) is 43.8. The number of Topliss-reactive ketones (excluding diaryl/α,β-unsaturated/α-hetero) is 1. The number of aryl methyl sites for hydroxylation is 4. The normalized spacial score (nSPS) is 17.1. The number of rotatable bonds is 24. The van der Waals surface area contributed by atoms with Crippen LogP contribution in [-0.2, 0) is 39.9 Å². The van der Waals surface area contributed by atoms with Gasteiger partial charge in [0, 0.05) is 25.9 Å². The van der Waals surface area contributed by atoms with Gasteiger partial charge in [-0.3, -0.25) is 43.8 Å². The van der Waals surface area contributed by atoms with Crippen LogP contribution in [0.15, 0.2) is 72.8 Å². The van der Waals surface area contributed by atoms with Crippen molar-refractivity contribution in [3.8, 4) is 23.0 Å². The molecule has 2 N–H and O–H groups in total. The third kappa shape index (κ3) is 13.4. The number of esters is 1.